The first-order valence-electron chi connectivity index (χ1n) is 7.68. The van der Waals surface area contributed by atoms with Crippen LogP contribution in [0.4, 0.5) is 0 Å². The van der Waals surface area contributed by atoms with Crippen LogP contribution in [0.25, 0.3) is 0 Å². The molecule has 0 bridgehead atoms. The fourth-order valence-electron chi connectivity index (χ4n) is 3.89. The van der Waals surface area contributed by atoms with Crippen molar-refractivity contribution in [3.63, 3.8) is 0 Å². The summed E-state index contributed by atoms with van der Waals surface area (Å²) in [6.07, 6.45) is 0. The molecule has 7 heteroatoms. The molecule has 1 saturated carbocycles. The zero-order valence-corrected chi connectivity index (χ0v) is 16.3. The summed E-state index contributed by atoms with van der Waals surface area (Å²) in [5.74, 6) is -0.0613. The third-order valence-corrected chi connectivity index (χ3v) is 5.96. The molecule has 1 aromatic carbocycles. The number of hydrogen-bond donors (Lipinski definition) is 1. The number of likely N-dealkylation sites (tertiary alicyclic amines) is 1. The third-order valence-electron chi connectivity index (χ3n) is 5.43. The molecule has 2 aliphatic rings. The van der Waals surface area contributed by atoms with E-state index in [1.807, 2.05) is 24.3 Å². The molecule has 4 atom stereocenters. The molecule has 0 aromatic heterocycles. The number of amides is 1. The van der Waals surface area contributed by atoms with E-state index < -0.39 is 12.1 Å². The van der Waals surface area contributed by atoms with Gasteiger partial charge in [-0.15, -0.1) is 12.4 Å². The molecule has 3 rings (SSSR count). The van der Waals surface area contributed by atoms with E-state index in [2.05, 4.69) is 29.8 Å². The third kappa shape index (κ3) is 2.95. The van der Waals surface area contributed by atoms with Crippen LogP contribution in [0.15, 0.2) is 28.7 Å². The number of esters is 1. The van der Waals surface area contributed by atoms with E-state index in [0.717, 1.165) is 10.0 Å². The Bertz CT molecular complexity index is 650. The van der Waals surface area contributed by atoms with Gasteiger partial charge in [-0.2, -0.15) is 0 Å². The van der Waals surface area contributed by atoms with E-state index in [4.69, 9.17) is 10.5 Å². The molecule has 1 aromatic rings. The van der Waals surface area contributed by atoms with E-state index in [1.54, 1.807) is 4.90 Å². The summed E-state index contributed by atoms with van der Waals surface area (Å²) in [7, 11) is 1.36. The lowest BCUT2D eigenvalue weighted by Crippen LogP contribution is -2.49. The van der Waals surface area contributed by atoms with Gasteiger partial charge in [0, 0.05) is 16.9 Å². The van der Waals surface area contributed by atoms with Gasteiger partial charge in [-0.25, -0.2) is 4.79 Å². The number of fused-ring (bicyclic) bond motifs is 1. The van der Waals surface area contributed by atoms with Crippen LogP contribution in [0.2, 0.25) is 0 Å². The van der Waals surface area contributed by atoms with Gasteiger partial charge in [-0.1, -0.05) is 41.9 Å². The van der Waals surface area contributed by atoms with Gasteiger partial charge in [-0.05, 0) is 29.0 Å². The molecule has 1 amide bonds. The summed E-state index contributed by atoms with van der Waals surface area (Å²) in [4.78, 5) is 26.6. The lowest BCUT2D eigenvalue weighted by molar-refractivity contribution is -0.153. The minimum absolute atomic E-state index is 0. The number of methoxy groups -OCH3 is 1. The van der Waals surface area contributed by atoms with Crippen molar-refractivity contribution in [3.05, 3.63) is 34.3 Å². The summed E-state index contributed by atoms with van der Waals surface area (Å²) < 4.78 is 5.85. The topological polar surface area (TPSA) is 72.6 Å². The molecular formula is C17H22BrClN2O3. The number of carbonyl (C=O) groups is 2. The highest BCUT2D eigenvalue weighted by Crippen LogP contribution is 2.65. The first-order valence-corrected chi connectivity index (χ1v) is 8.47. The maximum absolute atomic E-state index is 12.8. The standard InChI is InChI=1S/C17H21BrN2O3.ClH/c1-17(2)11-8-20(14(12(11)17)16(22)23-3)15(21)13(19)9-4-6-10(18)7-5-9;/h4-7,11-14H,8,19H2,1-3H3;1H/t11-,12-,13?,14-;/m0./s1. The Morgan fingerprint density at radius 3 is 2.46 bits per heavy atom. The molecule has 132 valence electrons. The van der Waals surface area contributed by atoms with Gasteiger partial charge >= 0.3 is 5.97 Å². The van der Waals surface area contributed by atoms with Crippen LogP contribution >= 0.6 is 28.3 Å². The van der Waals surface area contributed by atoms with Crippen molar-refractivity contribution in [2.45, 2.75) is 25.9 Å². The van der Waals surface area contributed by atoms with E-state index in [-0.39, 0.29) is 35.6 Å². The van der Waals surface area contributed by atoms with Crippen molar-refractivity contribution < 1.29 is 14.3 Å². The molecule has 24 heavy (non-hydrogen) atoms. The Morgan fingerprint density at radius 1 is 1.33 bits per heavy atom. The zero-order chi connectivity index (χ0) is 16.9. The number of piperidine rings is 1. The Morgan fingerprint density at radius 2 is 1.92 bits per heavy atom. The Kier molecular flexibility index (Phi) is 5.33. The van der Waals surface area contributed by atoms with Gasteiger partial charge in [0.25, 0.3) is 0 Å². The summed E-state index contributed by atoms with van der Waals surface area (Å²) in [5.41, 5.74) is 6.96. The smallest absolute Gasteiger partial charge is 0.328 e. The lowest BCUT2D eigenvalue weighted by atomic mass is 9.99. The van der Waals surface area contributed by atoms with Gasteiger partial charge in [-0.3, -0.25) is 4.79 Å². The average Bonchev–Trinajstić information content (AvgIpc) is 2.89. The fraction of sp³-hybridized carbons (Fsp3) is 0.529. The Hall–Kier alpha value is -1.11. The van der Waals surface area contributed by atoms with Crippen molar-refractivity contribution >= 4 is 40.2 Å². The number of benzene rings is 1. The Labute approximate surface area is 156 Å². The second-order valence-electron chi connectivity index (χ2n) is 6.94. The van der Waals surface area contributed by atoms with Crippen LogP contribution in [0.3, 0.4) is 0 Å². The number of hydrogen-bond acceptors (Lipinski definition) is 4. The predicted molar refractivity (Wildman–Crippen MR) is 96.6 cm³/mol. The first-order chi connectivity index (χ1) is 10.8. The molecule has 2 fully saturated rings. The van der Waals surface area contributed by atoms with E-state index >= 15 is 0 Å². The highest BCUT2D eigenvalue weighted by atomic mass is 79.9. The van der Waals surface area contributed by atoms with Crippen molar-refractivity contribution in [2.24, 2.45) is 23.0 Å². The minimum atomic E-state index is -0.768. The molecule has 1 heterocycles. The summed E-state index contributed by atoms with van der Waals surface area (Å²) in [5, 5.41) is 0. The monoisotopic (exact) mass is 416 g/mol. The number of ether oxygens (including phenoxy) is 1. The fourth-order valence-corrected chi connectivity index (χ4v) is 4.16. The SMILES string of the molecule is COC(=O)[C@@H]1[C@@H]2[C@H](CN1C(=O)C(N)c1ccc(Br)cc1)C2(C)C.Cl. The van der Waals surface area contributed by atoms with Crippen molar-refractivity contribution in [1.29, 1.82) is 0 Å². The molecule has 0 radical (unpaired) electrons. The van der Waals surface area contributed by atoms with Crippen LogP contribution < -0.4 is 5.73 Å². The maximum atomic E-state index is 12.8. The Balaban J connectivity index is 0.00000208. The van der Waals surface area contributed by atoms with E-state index in [0.29, 0.717) is 12.5 Å². The molecule has 2 N–H and O–H groups in total. The van der Waals surface area contributed by atoms with Crippen molar-refractivity contribution in [2.75, 3.05) is 13.7 Å². The number of rotatable bonds is 3. The largest absolute Gasteiger partial charge is 0.467 e. The van der Waals surface area contributed by atoms with Gasteiger partial charge < -0.3 is 15.4 Å². The molecular weight excluding hydrogens is 396 g/mol. The molecule has 1 aliphatic carbocycles. The lowest BCUT2D eigenvalue weighted by Gasteiger charge is -2.31. The molecule has 1 aliphatic heterocycles. The van der Waals surface area contributed by atoms with Gasteiger partial charge in [0.15, 0.2) is 0 Å². The summed E-state index contributed by atoms with van der Waals surface area (Å²) in [6, 6.07) is 6.06. The summed E-state index contributed by atoms with van der Waals surface area (Å²) >= 11 is 3.36. The normalized spacial score (nSPS) is 27.7. The van der Waals surface area contributed by atoms with Crippen LogP contribution in [0.1, 0.15) is 25.5 Å². The first kappa shape index (κ1) is 19.2. The zero-order valence-electron chi connectivity index (χ0n) is 13.9. The maximum Gasteiger partial charge on any atom is 0.328 e. The van der Waals surface area contributed by atoms with Crippen LogP contribution in [-0.4, -0.2) is 36.5 Å². The number of nitrogens with two attached hydrogens (primary N) is 1. The van der Waals surface area contributed by atoms with Gasteiger partial charge in [0.05, 0.1) is 7.11 Å². The molecule has 5 nitrogen and oxygen atoms in total. The predicted octanol–water partition coefficient (Wildman–Crippen LogP) is 2.53. The average molecular weight is 418 g/mol. The van der Waals surface area contributed by atoms with Crippen molar-refractivity contribution in [3.8, 4) is 0 Å². The van der Waals surface area contributed by atoms with Gasteiger partial charge in [0.2, 0.25) is 5.91 Å². The number of carbonyl (C=O) groups excluding carboxylic acids is 2. The van der Waals surface area contributed by atoms with E-state index in [9.17, 15) is 9.59 Å². The van der Waals surface area contributed by atoms with Crippen LogP contribution in [0, 0.1) is 17.3 Å². The highest BCUT2D eigenvalue weighted by molar-refractivity contribution is 9.10. The summed E-state index contributed by atoms with van der Waals surface area (Å²) in [6.45, 7) is 4.84. The van der Waals surface area contributed by atoms with Gasteiger partial charge in [0.1, 0.15) is 12.1 Å². The second-order valence-corrected chi connectivity index (χ2v) is 7.86. The highest BCUT2D eigenvalue weighted by Gasteiger charge is 2.69. The molecule has 0 spiro atoms. The van der Waals surface area contributed by atoms with Crippen molar-refractivity contribution in [1.82, 2.24) is 4.90 Å². The number of nitrogens with zero attached hydrogens (tertiary/aromatic N) is 1. The van der Waals surface area contributed by atoms with Crippen LogP contribution in [0.5, 0.6) is 0 Å². The quantitative estimate of drug-likeness (QED) is 0.767. The second kappa shape index (κ2) is 6.65. The molecule has 1 saturated heterocycles. The molecule has 1 unspecified atom stereocenters. The van der Waals surface area contributed by atoms with E-state index in [1.165, 1.54) is 7.11 Å². The van der Waals surface area contributed by atoms with Crippen LogP contribution in [-0.2, 0) is 14.3 Å². The number of halogens is 2. The minimum Gasteiger partial charge on any atom is -0.467 e.